The highest BCUT2D eigenvalue weighted by Crippen LogP contribution is 2.35. The van der Waals surface area contributed by atoms with Crippen LogP contribution >= 0.6 is 22.9 Å². The van der Waals surface area contributed by atoms with Gasteiger partial charge in [0.2, 0.25) is 0 Å². The molecule has 204 valence electrons. The smallest absolute Gasteiger partial charge is 0.418 e. The number of pyridine rings is 1. The highest BCUT2D eigenvalue weighted by atomic mass is 35.5. The fourth-order valence-corrected chi connectivity index (χ4v) is 4.25. The van der Waals surface area contributed by atoms with Gasteiger partial charge in [0.25, 0.3) is 5.91 Å². The fraction of sp³-hybridized carbons (Fsp3) is 0.391. The Kier molecular flexibility index (Phi) is 8.46. The van der Waals surface area contributed by atoms with Crippen molar-refractivity contribution in [3.8, 4) is 0 Å². The Balaban J connectivity index is 1.64. The second-order valence-corrected chi connectivity index (χ2v) is 10.7. The van der Waals surface area contributed by atoms with Gasteiger partial charge in [-0.05, 0) is 26.8 Å². The summed E-state index contributed by atoms with van der Waals surface area (Å²) in [5, 5.41) is 4.64. The highest BCUT2D eigenvalue weighted by molar-refractivity contribution is 7.13. The third-order valence-electron chi connectivity index (χ3n) is 4.82. The van der Waals surface area contributed by atoms with Crippen molar-refractivity contribution in [2.45, 2.75) is 51.8 Å². The van der Waals surface area contributed by atoms with Crippen LogP contribution in [0.15, 0.2) is 24.7 Å². The Labute approximate surface area is 224 Å². The van der Waals surface area contributed by atoms with E-state index in [2.05, 4.69) is 25.6 Å². The average Bonchev–Trinajstić information content (AvgIpc) is 3.40. The van der Waals surface area contributed by atoms with Crippen LogP contribution in [0.2, 0.25) is 5.02 Å². The molecule has 10 nitrogen and oxygen atoms in total. The van der Waals surface area contributed by atoms with Gasteiger partial charge in [0.1, 0.15) is 16.3 Å². The van der Waals surface area contributed by atoms with Gasteiger partial charge in [-0.3, -0.25) is 14.9 Å². The van der Waals surface area contributed by atoms with E-state index in [0.717, 1.165) is 17.5 Å². The number of alkyl halides is 3. The van der Waals surface area contributed by atoms with Crippen molar-refractivity contribution in [3.05, 3.63) is 51.0 Å². The van der Waals surface area contributed by atoms with Crippen LogP contribution in [0.3, 0.4) is 0 Å². The van der Waals surface area contributed by atoms with Crippen LogP contribution in [0.5, 0.6) is 0 Å². The molecule has 3 heterocycles. The summed E-state index contributed by atoms with van der Waals surface area (Å²) in [6.45, 7) is 6.88. The zero-order chi connectivity index (χ0) is 28.4. The van der Waals surface area contributed by atoms with Gasteiger partial charge in [-0.25, -0.2) is 19.7 Å². The molecule has 0 bridgehead atoms. The topological polar surface area (TPSA) is 128 Å². The molecule has 3 aromatic rings. The molecule has 3 rings (SSSR count). The van der Waals surface area contributed by atoms with E-state index < -0.39 is 40.3 Å². The molecule has 0 aliphatic heterocycles. The zero-order valence-corrected chi connectivity index (χ0v) is 22.5. The van der Waals surface area contributed by atoms with Crippen LogP contribution < -0.4 is 10.6 Å². The first-order valence-corrected chi connectivity index (χ1v) is 12.3. The van der Waals surface area contributed by atoms with E-state index in [1.807, 2.05) is 0 Å². The minimum absolute atomic E-state index is 0.00101. The van der Waals surface area contributed by atoms with Crippen molar-refractivity contribution in [1.82, 2.24) is 19.5 Å². The average molecular weight is 573 g/mol. The fourth-order valence-electron chi connectivity index (χ4n) is 3.17. The van der Waals surface area contributed by atoms with E-state index >= 15 is 0 Å². The number of imidazole rings is 1. The lowest BCUT2D eigenvalue weighted by atomic mass is 10.1. The maximum atomic E-state index is 13.1. The third kappa shape index (κ3) is 7.51. The summed E-state index contributed by atoms with van der Waals surface area (Å²) < 4.78 is 45.8. The molecule has 0 aliphatic carbocycles. The SMILES string of the molecule is C[C@@H](CC(=O)c1nc(NC(=O)OC(C)(C)C)cn1C)c1ncc(C(=O)Nc2cc(C(F)(F)F)c(Cl)cn2)s1. The summed E-state index contributed by atoms with van der Waals surface area (Å²) >= 11 is 6.54. The number of carbonyl (C=O) groups is 3. The van der Waals surface area contributed by atoms with Gasteiger partial charge < -0.3 is 14.6 Å². The molecule has 0 saturated heterocycles. The van der Waals surface area contributed by atoms with Crippen molar-refractivity contribution in [2.24, 2.45) is 7.05 Å². The van der Waals surface area contributed by atoms with Gasteiger partial charge in [-0.2, -0.15) is 13.2 Å². The Hall–Kier alpha value is -3.52. The van der Waals surface area contributed by atoms with Gasteiger partial charge in [0, 0.05) is 31.8 Å². The van der Waals surface area contributed by atoms with E-state index in [-0.39, 0.29) is 34.5 Å². The minimum Gasteiger partial charge on any atom is -0.444 e. The van der Waals surface area contributed by atoms with Crippen molar-refractivity contribution in [1.29, 1.82) is 0 Å². The lowest BCUT2D eigenvalue weighted by molar-refractivity contribution is -0.137. The second-order valence-electron chi connectivity index (χ2n) is 9.28. The van der Waals surface area contributed by atoms with Crippen LogP contribution in [0, 0.1) is 0 Å². The van der Waals surface area contributed by atoms with E-state index in [1.54, 1.807) is 34.7 Å². The first kappa shape index (κ1) is 29.0. The number of carbonyl (C=O) groups excluding carboxylic acids is 3. The molecule has 15 heteroatoms. The number of anilines is 2. The van der Waals surface area contributed by atoms with Gasteiger partial charge in [-0.15, -0.1) is 11.3 Å². The lowest BCUT2D eigenvalue weighted by Gasteiger charge is -2.18. The number of hydrogen-bond donors (Lipinski definition) is 2. The number of hydrogen-bond acceptors (Lipinski definition) is 8. The Morgan fingerprint density at radius 1 is 1.13 bits per heavy atom. The van der Waals surface area contributed by atoms with Crippen molar-refractivity contribution < 1.29 is 32.3 Å². The van der Waals surface area contributed by atoms with E-state index in [4.69, 9.17) is 16.3 Å². The maximum absolute atomic E-state index is 13.1. The third-order valence-corrected chi connectivity index (χ3v) is 6.35. The van der Waals surface area contributed by atoms with Gasteiger partial charge in [0.15, 0.2) is 17.4 Å². The predicted molar refractivity (Wildman–Crippen MR) is 135 cm³/mol. The predicted octanol–water partition coefficient (Wildman–Crippen LogP) is 5.92. The number of aryl methyl sites for hydroxylation is 1. The molecular formula is C23H24ClF3N6O4S. The summed E-state index contributed by atoms with van der Waals surface area (Å²) in [4.78, 5) is 49.5. The normalized spacial score (nSPS) is 12.7. The number of thiazole rings is 1. The molecule has 0 unspecified atom stereocenters. The molecule has 38 heavy (non-hydrogen) atoms. The standard InChI is InChI=1S/C23H24ClF3N6O4S/c1-11(6-14(34)18-30-17(10-33(18)5)32-21(36)37-22(2,3)4)20-29-9-15(38-20)19(35)31-16-7-12(23(25,26)27)13(24)8-28-16/h7-11H,6H2,1-5H3,(H,32,36)(H,28,31,35)/t11-/m0/s1. The van der Waals surface area contributed by atoms with Crippen LogP contribution in [0.25, 0.3) is 0 Å². The van der Waals surface area contributed by atoms with Crippen LogP contribution in [-0.4, -0.2) is 42.9 Å². The monoisotopic (exact) mass is 572 g/mol. The minimum atomic E-state index is -4.71. The van der Waals surface area contributed by atoms with E-state index in [1.165, 1.54) is 17.0 Å². The number of nitrogens with zero attached hydrogens (tertiary/aromatic N) is 4. The molecule has 3 aromatic heterocycles. The Morgan fingerprint density at radius 2 is 1.82 bits per heavy atom. The first-order chi connectivity index (χ1) is 17.5. The molecule has 0 saturated carbocycles. The zero-order valence-electron chi connectivity index (χ0n) is 20.9. The number of Topliss-reactive ketones (excluding diaryl/α,β-unsaturated/α-hetero) is 1. The molecule has 0 radical (unpaired) electrons. The van der Waals surface area contributed by atoms with E-state index in [9.17, 15) is 27.6 Å². The lowest BCUT2D eigenvalue weighted by Crippen LogP contribution is -2.27. The van der Waals surface area contributed by atoms with Gasteiger partial charge in [-0.1, -0.05) is 18.5 Å². The van der Waals surface area contributed by atoms with Crippen LogP contribution in [0.1, 0.15) is 70.9 Å². The van der Waals surface area contributed by atoms with Gasteiger partial charge in [0.05, 0.1) is 21.8 Å². The molecule has 1 atom stereocenters. The number of rotatable bonds is 7. The number of ketones is 1. The molecule has 0 spiro atoms. The molecule has 2 amide bonds. The van der Waals surface area contributed by atoms with Gasteiger partial charge >= 0.3 is 12.3 Å². The molecule has 0 aliphatic rings. The highest BCUT2D eigenvalue weighted by Gasteiger charge is 2.34. The molecule has 0 aromatic carbocycles. The van der Waals surface area contributed by atoms with Crippen molar-refractivity contribution >= 4 is 52.4 Å². The summed E-state index contributed by atoms with van der Waals surface area (Å²) in [6.07, 6.45) is -1.88. The number of amides is 2. The largest absolute Gasteiger partial charge is 0.444 e. The van der Waals surface area contributed by atoms with E-state index in [0.29, 0.717) is 11.1 Å². The number of halogens is 4. The second kappa shape index (κ2) is 11.1. The Bertz CT molecular complexity index is 1370. The van der Waals surface area contributed by atoms with Crippen LogP contribution in [0.4, 0.5) is 29.6 Å². The molecule has 2 N–H and O–H groups in total. The quantitative estimate of drug-likeness (QED) is 0.336. The first-order valence-electron chi connectivity index (χ1n) is 11.1. The summed E-state index contributed by atoms with van der Waals surface area (Å²) in [7, 11) is 1.60. The molecular weight excluding hydrogens is 549 g/mol. The number of nitrogens with one attached hydrogen (secondary N) is 2. The number of aromatic nitrogens is 4. The summed E-state index contributed by atoms with van der Waals surface area (Å²) in [6, 6.07) is 0.641. The Morgan fingerprint density at radius 3 is 2.45 bits per heavy atom. The van der Waals surface area contributed by atoms with Crippen molar-refractivity contribution in [2.75, 3.05) is 10.6 Å². The van der Waals surface area contributed by atoms with Crippen molar-refractivity contribution in [3.63, 3.8) is 0 Å². The maximum Gasteiger partial charge on any atom is 0.418 e. The summed E-state index contributed by atoms with van der Waals surface area (Å²) in [5.74, 6) is -1.52. The van der Waals surface area contributed by atoms with Crippen LogP contribution in [-0.2, 0) is 18.0 Å². The number of ether oxygens (including phenoxy) is 1. The summed E-state index contributed by atoms with van der Waals surface area (Å²) in [5.41, 5.74) is -1.83. The molecule has 0 fully saturated rings.